The third-order valence-electron chi connectivity index (χ3n) is 11.2. The Kier molecular flexibility index (Phi) is 12.6. The molecule has 1 heterocycles. The molecule has 284 valence electrons. The van der Waals surface area contributed by atoms with E-state index in [1.807, 2.05) is 60.7 Å². The Hall–Kier alpha value is -5.22. The summed E-state index contributed by atoms with van der Waals surface area (Å²) in [6.45, 7) is 19.5. The summed E-state index contributed by atoms with van der Waals surface area (Å²) in [4.78, 5) is 16.5. The van der Waals surface area contributed by atoms with Gasteiger partial charge in [0.05, 0.1) is 0 Å². The fourth-order valence-electron chi connectivity index (χ4n) is 8.37. The molecule has 0 aromatic heterocycles. The number of carbonyl (C=O) groups is 1. The first-order chi connectivity index (χ1) is 26.5. The minimum Gasteiger partial charge on any atom is -0.501 e. The van der Waals surface area contributed by atoms with E-state index in [1.54, 1.807) is 0 Å². The second kappa shape index (κ2) is 17.5. The third-order valence-corrected chi connectivity index (χ3v) is 11.2. The molecule has 0 spiro atoms. The van der Waals surface area contributed by atoms with Gasteiger partial charge in [-0.1, -0.05) is 183 Å². The van der Waals surface area contributed by atoms with Crippen molar-refractivity contribution >= 4 is 23.0 Å². The molecule has 4 heteroatoms. The number of anilines is 1. The summed E-state index contributed by atoms with van der Waals surface area (Å²) in [6, 6.07) is 43.7. The lowest BCUT2D eigenvalue weighted by molar-refractivity contribution is -0.430. The summed E-state index contributed by atoms with van der Waals surface area (Å²) in [5, 5.41) is 13.1. The summed E-state index contributed by atoms with van der Waals surface area (Å²) in [7, 11) is 0. The molecule has 0 aliphatic carbocycles. The lowest BCUT2D eigenvalue weighted by Crippen LogP contribution is -2.33. The summed E-state index contributed by atoms with van der Waals surface area (Å²) in [5.41, 5.74) is 10.3. The van der Waals surface area contributed by atoms with E-state index < -0.39 is 0 Å². The van der Waals surface area contributed by atoms with E-state index in [2.05, 4.69) is 138 Å². The van der Waals surface area contributed by atoms with Crippen molar-refractivity contribution in [2.75, 3.05) is 18.0 Å². The van der Waals surface area contributed by atoms with Gasteiger partial charge in [0.15, 0.2) is 5.78 Å². The van der Waals surface area contributed by atoms with Crippen LogP contribution in [0.15, 0.2) is 139 Å². The Morgan fingerprint density at radius 3 is 1.56 bits per heavy atom. The molecular formula is C51H59N2O2+. The van der Waals surface area contributed by atoms with Gasteiger partial charge in [-0.2, -0.15) is 0 Å². The van der Waals surface area contributed by atoms with Crippen LogP contribution in [0.3, 0.4) is 0 Å². The average molecular weight is 732 g/mol. The largest absolute Gasteiger partial charge is 0.501 e. The van der Waals surface area contributed by atoms with Crippen LogP contribution in [0.25, 0.3) is 0 Å². The number of hydrogen-bond donors (Lipinski definition) is 1. The fraction of sp³-hybridized carbons (Fsp3) is 0.333. The molecule has 0 saturated carbocycles. The van der Waals surface area contributed by atoms with Crippen molar-refractivity contribution in [3.63, 3.8) is 0 Å². The van der Waals surface area contributed by atoms with Crippen LogP contribution in [0.1, 0.15) is 141 Å². The summed E-state index contributed by atoms with van der Waals surface area (Å²) in [5.74, 6) is 1.71. The first-order valence-electron chi connectivity index (χ1n) is 20.2. The standard InChI is InChI=1S/C51H58N2O2/c1-34(2)41-26-18-27-42(35(3)4)49(41)52-30-31-53(50-43(36(5)6)28-19-29-44(50)37(7)8)51(52)48(55)33-46(39-22-14-10-15-23-39)45(38-20-12-9-13-21-38)32-47(54)40-24-16-11-17-25-40/h9-29,33-37,45-46H,30-32H2,1-8H3/p+1. The van der Waals surface area contributed by atoms with Gasteiger partial charge in [0.2, 0.25) is 5.76 Å². The molecule has 0 fully saturated rings. The highest BCUT2D eigenvalue weighted by molar-refractivity contribution is 6.07. The SMILES string of the molecule is CC(C)c1cccc(C(C)C)c1N1CC[N+](c2c(C(C)C)cccc2C(C)C)=C1C(O)=CC(c1ccccc1)C(CC(=O)c1ccccc1)c1ccccc1. The Balaban J connectivity index is 1.65. The Labute approximate surface area is 329 Å². The molecule has 0 radical (unpaired) electrons. The number of aliphatic hydroxyl groups is 1. The summed E-state index contributed by atoms with van der Waals surface area (Å²) in [6.07, 6.45) is 2.34. The molecule has 1 aliphatic heterocycles. The summed E-state index contributed by atoms with van der Waals surface area (Å²) >= 11 is 0. The predicted octanol–water partition coefficient (Wildman–Crippen LogP) is 13.0. The molecule has 4 nitrogen and oxygen atoms in total. The summed E-state index contributed by atoms with van der Waals surface area (Å²) < 4.78 is 2.40. The Morgan fingerprint density at radius 2 is 1.07 bits per heavy atom. The number of benzene rings is 5. The number of para-hydroxylation sites is 2. The van der Waals surface area contributed by atoms with Gasteiger partial charge >= 0.3 is 5.84 Å². The van der Waals surface area contributed by atoms with E-state index >= 15 is 0 Å². The second-order valence-corrected chi connectivity index (χ2v) is 16.3. The molecular weight excluding hydrogens is 673 g/mol. The minimum atomic E-state index is -0.303. The zero-order valence-corrected chi connectivity index (χ0v) is 34.0. The number of aliphatic hydroxyl groups excluding tert-OH is 1. The average Bonchev–Trinajstić information content (AvgIpc) is 3.64. The van der Waals surface area contributed by atoms with Crippen molar-refractivity contribution in [2.45, 2.75) is 97.3 Å². The monoisotopic (exact) mass is 731 g/mol. The quantitative estimate of drug-likeness (QED) is 0.0702. The molecule has 6 rings (SSSR count). The number of carbonyl (C=O) groups excluding carboxylic acids is 1. The van der Waals surface area contributed by atoms with Gasteiger partial charge in [0.1, 0.15) is 24.5 Å². The molecule has 0 bridgehead atoms. The first-order valence-corrected chi connectivity index (χ1v) is 20.2. The van der Waals surface area contributed by atoms with Crippen molar-refractivity contribution in [1.82, 2.24) is 0 Å². The number of hydrogen-bond acceptors (Lipinski definition) is 3. The number of ketones is 1. The van der Waals surface area contributed by atoms with Crippen LogP contribution in [0.5, 0.6) is 0 Å². The van der Waals surface area contributed by atoms with E-state index in [0.717, 1.165) is 30.1 Å². The number of nitrogens with zero attached hydrogens (tertiary/aromatic N) is 2. The molecule has 5 aromatic carbocycles. The van der Waals surface area contributed by atoms with Crippen LogP contribution >= 0.6 is 0 Å². The van der Waals surface area contributed by atoms with Crippen molar-refractivity contribution in [3.05, 3.63) is 178 Å². The van der Waals surface area contributed by atoms with Crippen molar-refractivity contribution in [1.29, 1.82) is 0 Å². The van der Waals surface area contributed by atoms with E-state index in [4.69, 9.17) is 0 Å². The van der Waals surface area contributed by atoms with Crippen LogP contribution < -0.4 is 4.90 Å². The number of Topliss-reactive ketones (excluding diaryl/α,β-unsaturated/α-hetero) is 1. The first kappa shape index (κ1) is 39.5. The van der Waals surface area contributed by atoms with Gasteiger partial charge in [0, 0.05) is 46.1 Å². The molecule has 0 amide bonds. The van der Waals surface area contributed by atoms with E-state index in [9.17, 15) is 9.90 Å². The Bertz CT molecular complexity index is 2080. The molecule has 55 heavy (non-hydrogen) atoms. The van der Waals surface area contributed by atoms with Gasteiger partial charge in [-0.15, -0.1) is 0 Å². The zero-order chi connectivity index (χ0) is 39.2. The maximum Gasteiger partial charge on any atom is 0.325 e. The van der Waals surface area contributed by atoms with Crippen molar-refractivity contribution in [3.8, 4) is 0 Å². The van der Waals surface area contributed by atoms with E-state index in [0.29, 0.717) is 12.0 Å². The van der Waals surface area contributed by atoms with Crippen LogP contribution in [0.4, 0.5) is 11.4 Å². The third kappa shape index (κ3) is 8.54. The van der Waals surface area contributed by atoms with Gasteiger partial charge in [-0.05, 0) is 40.9 Å². The number of amidine groups is 1. The highest BCUT2D eigenvalue weighted by Crippen LogP contribution is 2.43. The van der Waals surface area contributed by atoms with Gasteiger partial charge in [0.25, 0.3) is 0 Å². The zero-order valence-electron chi connectivity index (χ0n) is 34.0. The fourth-order valence-corrected chi connectivity index (χ4v) is 8.37. The van der Waals surface area contributed by atoms with Crippen LogP contribution in [0.2, 0.25) is 0 Å². The molecule has 5 aromatic rings. The van der Waals surface area contributed by atoms with Crippen molar-refractivity contribution in [2.24, 2.45) is 0 Å². The van der Waals surface area contributed by atoms with Gasteiger partial charge in [-0.25, -0.2) is 9.48 Å². The number of allylic oxidation sites excluding steroid dienone is 1. The number of rotatable bonds is 14. The Morgan fingerprint density at radius 1 is 0.618 bits per heavy atom. The van der Waals surface area contributed by atoms with Crippen LogP contribution in [-0.2, 0) is 0 Å². The minimum absolute atomic E-state index is 0.0833. The topological polar surface area (TPSA) is 43.5 Å². The van der Waals surface area contributed by atoms with Gasteiger partial charge in [-0.3, -0.25) is 4.79 Å². The molecule has 1 aliphatic rings. The van der Waals surface area contributed by atoms with E-state index in [-0.39, 0.29) is 47.0 Å². The lowest BCUT2D eigenvalue weighted by Gasteiger charge is -2.27. The molecule has 1 N–H and O–H groups in total. The smallest absolute Gasteiger partial charge is 0.325 e. The maximum absolute atomic E-state index is 14.1. The predicted molar refractivity (Wildman–Crippen MR) is 231 cm³/mol. The maximum atomic E-state index is 14.1. The highest BCUT2D eigenvalue weighted by atomic mass is 16.3. The van der Waals surface area contributed by atoms with Crippen LogP contribution in [0, 0.1) is 0 Å². The highest BCUT2D eigenvalue weighted by Gasteiger charge is 2.42. The molecule has 0 saturated heterocycles. The van der Waals surface area contributed by atoms with Gasteiger partial charge < -0.3 is 5.11 Å². The lowest BCUT2D eigenvalue weighted by atomic mass is 9.77. The van der Waals surface area contributed by atoms with Crippen LogP contribution in [-0.4, -0.2) is 34.4 Å². The van der Waals surface area contributed by atoms with E-state index in [1.165, 1.54) is 33.6 Å². The molecule has 2 unspecified atom stereocenters. The molecule has 2 atom stereocenters. The second-order valence-electron chi connectivity index (χ2n) is 16.3. The normalized spacial score (nSPS) is 14.8. The van der Waals surface area contributed by atoms with Crippen molar-refractivity contribution < 1.29 is 14.5 Å².